The van der Waals surface area contributed by atoms with E-state index in [4.69, 9.17) is 11.6 Å². The van der Waals surface area contributed by atoms with Gasteiger partial charge in [0, 0.05) is 12.6 Å². The van der Waals surface area contributed by atoms with Gasteiger partial charge in [-0.05, 0) is 32.9 Å². The normalized spacial score (nSPS) is 21.2. The second-order valence-corrected chi connectivity index (χ2v) is 6.12. The molecule has 1 saturated carbocycles. The molecule has 6 heteroatoms. The highest BCUT2D eigenvalue weighted by atomic mass is 35.5. The SMILES string of the molecule is CCCC1CC1Nc1cnn(CCN(C)C)c(=O)c1Cl. The van der Waals surface area contributed by atoms with Crippen molar-refractivity contribution in [1.29, 1.82) is 0 Å². The average Bonchev–Trinajstić information content (AvgIpc) is 3.12. The predicted molar refractivity (Wildman–Crippen MR) is 82.5 cm³/mol. The van der Waals surface area contributed by atoms with E-state index in [0.717, 1.165) is 13.0 Å². The Morgan fingerprint density at radius 2 is 2.30 bits per heavy atom. The standard InChI is InChI=1S/C14H23ClN4O/c1-4-5-10-8-11(10)17-12-9-16-19(7-6-18(2)3)14(20)13(12)15/h9-11,17H,4-8H2,1-3H3. The van der Waals surface area contributed by atoms with E-state index in [-0.39, 0.29) is 10.6 Å². The maximum Gasteiger partial charge on any atom is 0.287 e. The molecule has 0 saturated heterocycles. The molecule has 5 nitrogen and oxygen atoms in total. The van der Waals surface area contributed by atoms with Gasteiger partial charge < -0.3 is 10.2 Å². The monoisotopic (exact) mass is 298 g/mol. The fourth-order valence-corrected chi connectivity index (χ4v) is 2.53. The molecule has 0 spiro atoms. The molecule has 0 aliphatic heterocycles. The molecule has 2 rings (SSSR count). The molecule has 1 heterocycles. The number of hydrogen-bond donors (Lipinski definition) is 1. The van der Waals surface area contributed by atoms with E-state index in [9.17, 15) is 4.79 Å². The Morgan fingerprint density at radius 3 is 2.95 bits per heavy atom. The van der Waals surface area contributed by atoms with Gasteiger partial charge in [-0.2, -0.15) is 5.10 Å². The Hall–Kier alpha value is -1.07. The second kappa shape index (κ2) is 6.59. The number of rotatable bonds is 7. The highest BCUT2D eigenvalue weighted by molar-refractivity contribution is 6.32. The minimum Gasteiger partial charge on any atom is -0.379 e. The van der Waals surface area contributed by atoms with E-state index in [1.54, 1.807) is 6.20 Å². The zero-order valence-electron chi connectivity index (χ0n) is 12.4. The van der Waals surface area contributed by atoms with Crippen molar-refractivity contribution >= 4 is 17.3 Å². The Morgan fingerprint density at radius 1 is 1.55 bits per heavy atom. The first-order valence-corrected chi connectivity index (χ1v) is 7.57. The number of halogens is 1. The quantitative estimate of drug-likeness (QED) is 0.837. The van der Waals surface area contributed by atoms with Crippen LogP contribution in [0.5, 0.6) is 0 Å². The van der Waals surface area contributed by atoms with Gasteiger partial charge in [-0.1, -0.05) is 24.9 Å². The zero-order valence-corrected chi connectivity index (χ0v) is 13.2. The summed E-state index contributed by atoms with van der Waals surface area (Å²) < 4.78 is 1.42. The zero-order chi connectivity index (χ0) is 14.7. The Kier molecular flexibility index (Phi) is 5.05. The van der Waals surface area contributed by atoms with Gasteiger partial charge in [0.05, 0.1) is 18.4 Å². The van der Waals surface area contributed by atoms with E-state index >= 15 is 0 Å². The molecule has 0 aromatic carbocycles. The van der Waals surface area contributed by atoms with Crippen molar-refractivity contribution in [2.45, 2.75) is 38.8 Å². The van der Waals surface area contributed by atoms with Crippen molar-refractivity contribution < 1.29 is 0 Å². The van der Waals surface area contributed by atoms with Gasteiger partial charge in [0.1, 0.15) is 5.02 Å². The van der Waals surface area contributed by atoms with Gasteiger partial charge in [0.25, 0.3) is 5.56 Å². The molecule has 1 aromatic heterocycles. The third-order valence-electron chi connectivity index (χ3n) is 3.67. The van der Waals surface area contributed by atoms with Crippen LogP contribution in [0.15, 0.2) is 11.0 Å². The topological polar surface area (TPSA) is 50.2 Å². The van der Waals surface area contributed by atoms with Gasteiger partial charge >= 0.3 is 0 Å². The average molecular weight is 299 g/mol. The molecule has 1 aliphatic rings. The van der Waals surface area contributed by atoms with Gasteiger partial charge in [-0.25, -0.2) is 4.68 Å². The number of likely N-dealkylation sites (N-methyl/N-ethyl adjacent to an activating group) is 1. The summed E-state index contributed by atoms with van der Waals surface area (Å²) in [6, 6.07) is 0.450. The molecule has 0 amide bonds. The predicted octanol–water partition coefficient (Wildman–Crippen LogP) is 2.06. The van der Waals surface area contributed by atoms with Gasteiger partial charge in [0.15, 0.2) is 0 Å². The Balaban J connectivity index is 2.02. The first-order valence-electron chi connectivity index (χ1n) is 7.19. The molecule has 2 atom stereocenters. The van der Waals surface area contributed by atoms with Crippen LogP contribution in [-0.2, 0) is 6.54 Å². The molecule has 1 aliphatic carbocycles. The molecule has 0 bridgehead atoms. The summed E-state index contributed by atoms with van der Waals surface area (Å²) in [5, 5.41) is 7.78. The molecule has 2 unspecified atom stereocenters. The third kappa shape index (κ3) is 3.73. The number of nitrogens with zero attached hydrogens (tertiary/aromatic N) is 3. The van der Waals surface area contributed by atoms with E-state index < -0.39 is 0 Å². The van der Waals surface area contributed by atoms with Crippen LogP contribution in [0.1, 0.15) is 26.2 Å². The van der Waals surface area contributed by atoms with Crippen LogP contribution in [0.2, 0.25) is 5.02 Å². The second-order valence-electron chi connectivity index (χ2n) is 5.74. The Labute approximate surface area is 124 Å². The van der Waals surface area contributed by atoms with Crippen molar-refractivity contribution in [2.24, 2.45) is 5.92 Å². The molecule has 1 fully saturated rings. The maximum absolute atomic E-state index is 12.1. The van der Waals surface area contributed by atoms with Crippen LogP contribution >= 0.6 is 11.6 Å². The van der Waals surface area contributed by atoms with Gasteiger partial charge in [-0.15, -0.1) is 0 Å². The lowest BCUT2D eigenvalue weighted by Crippen LogP contribution is -2.29. The maximum atomic E-state index is 12.1. The van der Waals surface area contributed by atoms with Crippen molar-refractivity contribution in [3.8, 4) is 0 Å². The van der Waals surface area contributed by atoms with Crippen LogP contribution in [0.4, 0.5) is 5.69 Å². The molecule has 20 heavy (non-hydrogen) atoms. The summed E-state index contributed by atoms with van der Waals surface area (Å²) in [5.41, 5.74) is 0.451. The number of hydrogen-bond acceptors (Lipinski definition) is 4. The summed E-state index contributed by atoms with van der Waals surface area (Å²) in [7, 11) is 3.92. The molecule has 0 radical (unpaired) electrons. The van der Waals surface area contributed by atoms with Crippen LogP contribution in [-0.4, -0.2) is 41.4 Å². The minimum atomic E-state index is -0.216. The molecule has 112 valence electrons. The summed E-state index contributed by atoms with van der Waals surface area (Å²) in [5.74, 6) is 0.715. The lowest BCUT2D eigenvalue weighted by Gasteiger charge is -2.12. The lowest BCUT2D eigenvalue weighted by molar-refractivity contribution is 0.367. The smallest absolute Gasteiger partial charge is 0.287 e. The highest BCUT2D eigenvalue weighted by Crippen LogP contribution is 2.37. The van der Waals surface area contributed by atoms with E-state index in [1.165, 1.54) is 17.5 Å². The summed E-state index contributed by atoms with van der Waals surface area (Å²) in [4.78, 5) is 14.1. The molecule has 1 aromatic rings. The minimum absolute atomic E-state index is 0.216. The van der Waals surface area contributed by atoms with E-state index in [2.05, 4.69) is 17.3 Å². The molecule has 1 N–H and O–H groups in total. The first kappa shape index (κ1) is 15.3. The van der Waals surface area contributed by atoms with E-state index in [0.29, 0.717) is 24.2 Å². The van der Waals surface area contributed by atoms with Crippen LogP contribution < -0.4 is 10.9 Å². The first-order chi connectivity index (χ1) is 9.52. The van der Waals surface area contributed by atoms with Crippen molar-refractivity contribution in [1.82, 2.24) is 14.7 Å². The third-order valence-corrected chi connectivity index (χ3v) is 4.03. The van der Waals surface area contributed by atoms with Crippen molar-refractivity contribution in [3.63, 3.8) is 0 Å². The van der Waals surface area contributed by atoms with Gasteiger partial charge in [0.2, 0.25) is 0 Å². The van der Waals surface area contributed by atoms with Crippen molar-refractivity contribution in [2.75, 3.05) is 26.0 Å². The fraction of sp³-hybridized carbons (Fsp3) is 0.714. The summed E-state index contributed by atoms with van der Waals surface area (Å²) in [6.45, 7) is 3.50. The van der Waals surface area contributed by atoms with Crippen molar-refractivity contribution in [3.05, 3.63) is 21.6 Å². The van der Waals surface area contributed by atoms with E-state index in [1.807, 2.05) is 19.0 Å². The van der Waals surface area contributed by atoms with Crippen LogP contribution in [0.3, 0.4) is 0 Å². The van der Waals surface area contributed by atoms with Crippen LogP contribution in [0, 0.1) is 5.92 Å². The Bertz CT molecular complexity index is 514. The lowest BCUT2D eigenvalue weighted by atomic mass is 10.2. The van der Waals surface area contributed by atoms with Crippen LogP contribution in [0.25, 0.3) is 0 Å². The highest BCUT2D eigenvalue weighted by Gasteiger charge is 2.36. The fourth-order valence-electron chi connectivity index (χ4n) is 2.33. The van der Waals surface area contributed by atoms with Gasteiger partial charge in [-0.3, -0.25) is 4.79 Å². The summed E-state index contributed by atoms with van der Waals surface area (Å²) in [6.07, 6.45) is 5.25. The molecular weight excluding hydrogens is 276 g/mol. The largest absolute Gasteiger partial charge is 0.379 e. The number of aromatic nitrogens is 2. The molecular formula is C14H23ClN4O. The summed E-state index contributed by atoms with van der Waals surface area (Å²) >= 11 is 6.16. The number of anilines is 1. The number of nitrogens with one attached hydrogen (secondary N) is 1.